The highest BCUT2D eigenvalue weighted by molar-refractivity contribution is 6.03. The fourth-order valence-corrected chi connectivity index (χ4v) is 6.63. The minimum atomic E-state index is -0.558. The molecule has 286 valence electrons. The lowest BCUT2D eigenvalue weighted by molar-refractivity contribution is -0.0115. The number of nitrogens with zero attached hydrogens (tertiary/aromatic N) is 2. The summed E-state index contributed by atoms with van der Waals surface area (Å²) in [6, 6.07) is 22.4. The van der Waals surface area contributed by atoms with Crippen molar-refractivity contribution < 1.29 is 38.4 Å². The molecule has 0 aliphatic carbocycles. The molecule has 0 aromatic heterocycles. The summed E-state index contributed by atoms with van der Waals surface area (Å²) in [6.45, 7) is 6.52. The topological polar surface area (TPSA) is 151 Å². The Bertz CT molecular complexity index is 1950. The van der Waals surface area contributed by atoms with Gasteiger partial charge in [-0.1, -0.05) is 43.3 Å². The molecular formula is C41H49N5O8. The smallest absolute Gasteiger partial charge is 0.323 e. The van der Waals surface area contributed by atoms with E-state index in [1.807, 2.05) is 56.3 Å². The average molecular weight is 740 g/mol. The number of urea groups is 2. The summed E-state index contributed by atoms with van der Waals surface area (Å²) in [5.74, 6) is 0.903. The van der Waals surface area contributed by atoms with Gasteiger partial charge in [-0.3, -0.25) is 4.79 Å². The maximum atomic E-state index is 14.5. The van der Waals surface area contributed by atoms with Crippen LogP contribution < -0.4 is 30.2 Å². The zero-order chi connectivity index (χ0) is 38.2. The summed E-state index contributed by atoms with van der Waals surface area (Å²) in [4.78, 5) is 44.3. The molecular weight excluding hydrogens is 690 g/mol. The molecule has 2 aliphatic rings. The number of amides is 5. The van der Waals surface area contributed by atoms with Gasteiger partial charge in [0, 0.05) is 55.5 Å². The van der Waals surface area contributed by atoms with Crippen LogP contribution in [0.1, 0.15) is 50.4 Å². The molecule has 4 aromatic rings. The number of carbonyl (C=O) groups excluding carboxylic acids is 3. The third-order valence-corrected chi connectivity index (χ3v) is 9.77. The summed E-state index contributed by atoms with van der Waals surface area (Å²) in [6.07, 6.45) is 1.70. The van der Waals surface area contributed by atoms with Crippen molar-refractivity contribution in [1.29, 1.82) is 0 Å². The van der Waals surface area contributed by atoms with Gasteiger partial charge in [-0.05, 0) is 74.9 Å². The standard InChI is InChI=1S/C41H49N5O8/c1-26-22-46(27(2)24-47)39(48)33-20-30(42-40(49)43-31-16-18-36-37(21-31)53-25-52-36)15-17-35(33)54-28(3)10-7-8-19-51-38(26)23-45(4)41(50)44-34-14-9-12-29-11-5-6-13-32(29)34/h5-6,9,11-18,20-21,26-28,38,47H,7-8,10,19,22-25H2,1-4H3,(H,44,50)(H2,42,43,49)/t26-,27-,28-,38+/m0/s1. The first kappa shape index (κ1) is 38.2. The van der Waals surface area contributed by atoms with Gasteiger partial charge in [-0.2, -0.15) is 0 Å². The summed E-state index contributed by atoms with van der Waals surface area (Å²) >= 11 is 0. The molecule has 4 aromatic carbocycles. The van der Waals surface area contributed by atoms with Crippen LogP contribution in [0, 0.1) is 5.92 Å². The van der Waals surface area contributed by atoms with E-state index in [2.05, 4.69) is 16.0 Å². The predicted octanol–water partition coefficient (Wildman–Crippen LogP) is 7.17. The quantitative estimate of drug-likeness (QED) is 0.156. The SMILES string of the molecule is C[C@H]1CCCCO[C@H](CN(C)C(=O)Nc2cccc3ccccc23)[C@@H](C)CN([C@@H](C)CO)C(=O)c2cc(NC(=O)Nc3ccc4c(c3)OCO4)ccc2O1. The highest BCUT2D eigenvalue weighted by Crippen LogP contribution is 2.34. The summed E-state index contributed by atoms with van der Waals surface area (Å²) in [5.41, 5.74) is 1.85. The number of rotatable bonds is 7. The molecule has 54 heavy (non-hydrogen) atoms. The molecule has 4 N–H and O–H groups in total. The molecule has 0 saturated heterocycles. The highest BCUT2D eigenvalue weighted by atomic mass is 16.7. The molecule has 2 heterocycles. The summed E-state index contributed by atoms with van der Waals surface area (Å²) in [5, 5.41) is 20.9. The van der Waals surface area contributed by atoms with Crippen molar-refractivity contribution in [1.82, 2.24) is 9.80 Å². The number of anilines is 3. The second-order valence-electron chi connectivity index (χ2n) is 14.0. The number of likely N-dealkylation sites (N-methyl/N-ethyl adjacent to an activating group) is 1. The fraction of sp³-hybridized carbons (Fsp3) is 0.390. The van der Waals surface area contributed by atoms with Crippen LogP contribution in [-0.2, 0) is 4.74 Å². The van der Waals surface area contributed by atoms with Crippen LogP contribution in [0.5, 0.6) is 17.2 Å². The van der Waals surface area contributed by atoms with E-state index in [1.54, 1.807) is 60.2 Å². The number of benzene rings is 4. The Morgan fingerprint density at radius 1 is 0.907 bits per heavy atom. The number of fused-ring (bicyclic) bond motifs is 3. The zero-order valence-electron chi connectivity index (χ0n) is 31.2. The van der Waals surface area contributed by atoms with Gasteiger partial charge in [-0.15, -0.1) is 0 Å². The minimum absolute atomic E-state index is 0.119. The van der Waals surface area contributed by atoms with E-state index >= 15 is 0 Å². The van der Waals surface area contributed by atoms with E-state index in [0.29, 0.717) is 40.9 Å². The van der Waals surface area contributed by atoms with Gasteiger partial charge in [0.25, 0.3) is 5.91 Å². The number of hydrogen-bond donors (Lipinski definition) is 4. The average Bonchev–Trinajstić information content (AvgIpc) is 3.64. The van der Waals surface area contributed by atoms with Crippen LogP contribution >= 0.6 is 0 Å². The third kappa shape index (κ3) is 9.33. The molecule has 0 radical (unpaired) electrons. The van der Waals surface area contributed by atoms with Crippen LogP contribution in [0.4, 0.5) is 26.7 Å². The highest BCUT2D eigenvalue weighted by Gasteiger charge is 2.31. The van der Waals surface area contributed by atoms with Crippen molar-refractivity contribution in [3.63, 3.8) is 0 Å². The van der Waals surface area contributed by atoms with Gasteiger partial charge in [0.15, 0.2) is 11.5 Å². The second kappa shape index (κ2) is 17.5. The van der Waals surface area contributed by atoms with Crippen molar-refractivity contribution in [3.05, 3.63) is 84.4 Å². The Hall–Kier alpha value is -5.53. The van der Waals surface area contributed by atoms with Crippen LogP contribution in [0.3, 0.4) is 0 Å². The van der Waals surface area contributed by atoms with Gasteiger partial charge in [0.1, 0.15) is 5.75 Å². The van der Waals surface area contributed by atoms with Crippen molar-refractivity contribution in [2.45, 2.75) is 58.3 Å². The maximum Gasteiger partial charge on any atom is 0.323 e. The third-order valence-electron chi connectivity index (χ3n) is 9.77. The van der Waals surface area contributed by atoms with E-state index in [-0.39, 0.29) is 56.0 Å². The van der Waals surface area contributed by atoms with Crippen LogP contribution in [0.2, 0.25) is 0 Å². The first-order valence-electron chi connectivity index (χ1n) is 18.4. The molecule has 4 atom stereocenters. The normalized spacial score (nSPS) is 19.5. The van der Waals surface area contributed by atoms with Crippen molar-refractivity contribution in [2.24, 2.45) is 5.92 Å². The minimum Gasteiger partial charge on any atom is -0.490 e. The molecule has 0 saturated carbocycles. The van der Waals surface area contributed by atoms with E-state index in [0.717, 1.165) is 30.0 Å². The monoisotopic (exact) mass is 739 g/mol. The Kier molecular flexibility index (Phi) is 12.4. The molecule has 0 unspecified atom stereocenters. The molecule has 13 nitrogen and oxygen atoms in total. The van der Waals surface area contributed by atoms with E-state index in [4.69, 9.17) is 18.9 Å². The fourth-order valence-electron chi connectivity index (χ4n) is 6.63. The Morgan fingerprint density at radius 2 is 1.63 bits per heavy atom. The Morgan fingerprint density at radius 3 is 2.43 bits per heavy atom. The van der Waals surface area contributed by atoms with E-state index in [9.17, 15) is 19.5 Å². The maximum absolute atomic E-state index is 14.5. The van der Waals surface area contributed by atoms with Crippen molar-refractivity contribution in [3.8, 4) is 17.2 Å². The predicted molar refractivity (Wildman–Crippen MR) is 208 cm³/mol. The van der Waals surface area contributed by atoms with Crippen LogP contribution in [0.25, 0.3) is 10.8 Å². The summed E-state index contributed by atoms with van der Waals surface area (Å²) in [7, 11) is 1.73. The van der Waals surface area contributed by atoms with E-state index < -0.39 is 18.2 Å². The van der Waals surface area contributed by atoms with Crippen LogP contribution in [0.15, 0.2) is 78.9 Å². The molecule has 6 rings (SSSR count). The van der Waals surface area contributed by atoms with Gasteiger partial charge in [0.05, 0.1) is 36.1 Å². The number of carbonyl (C=O) groups is 3. The number of nitrogens with one attached hydrogen (secondary N) is 3. The molecule has 0 fully saturated rings. The van der Waals surface area contributed by atoms with Gasteiger partial charge in [0.2, 0.25) is 6.79 Å². The largest absolute Gasteiger partial charge is 0.490 e. The van der Waals surface area contributed by atoms with E-state index in [1.165, 1.54) is 0 Å². The van der Waals surface area contributed by atoms with Gasteiger partial charge < -0.3 is 49.8 Å². The molecule has 0 spiro atoms. The van der Waals surface area contributed by atoms with Gasteiger partial charge >= 0.3 is 12.1 Å². The number of ether oxygens (including phenoxy) is 4. The Balaban J connectivity index is 1.20. The second-order valence-corrected chi connectivity index (χ2v) is 14.0. The number of aliphatic hydroxyl groups is 1. The number of hydrogen-bond acceptors (Lipinski definition) is 8. The molecule has 13 heteroatoms. The number of aliphatic hydroxyl groups excluding tert-OH is 1. The molecule has 5 amide bonds. The van der Waals surface area contributed by atoms with Gasteiger partial charge in [-0.25, -0.2) is 9.59 Å². The Labute approximate surface area is 315 Å². The van der Waals surface area contributed by atoms with Crippen molar-refractivity contribution >= 4 is 45.8 Å². The first-order valence-corrected chi connectivity index (χ1v) is 18.4. The van der Waals surface area contributed by atoms with Crippen LogP contribution in [-0.4, -0.2) is 91.3 Å². The summed E-state index contributed by atoms with van der Waals surface area (Å²) < 4.78 is 23.5. The zero-order valence-corrected chi connectivity index (χ0v) is 31.2. The first-order chi connectivity index (χ1) is 26.1. The molecule has 2 aliphatic heterocycles. The molecule has 0 bridgehead atoms. The lowest BCUT2D eigenvalue weighted by Crippen LogP contribution is -2.48. The lowest BCUT2D eigenvalue weighted by atomic mass is 10.0. The van der Waals surface area contributed by atoms with Crippen molar-refractivity contribution in [2.75, 3.05) is 56.1 Å². The lowest BCUT2D eigenvalue weighted by Gasteiger charge is -2.35.